The van der Waals surface area contributed by atoms with Gasteiger partial charge in [-0.2, -0.15) is 0 Å². The molecule has 16 heavy (non-hydrogen) atoms. The molecule has 0 aliphatic heterocycles. The first kappa shape index (κ1) is 9.36. The Morgan fingerprint density at radius 1 is 1.12 bits per heavy atom. The summed E-state index contributed by atoms with van der Waals surface area (Å²) in [5, 5.41) is 0.612. The maximum Gasteiger partial charge on any atom is 0.235 e. The van der Waals surface area contributed by atoms with Crippen molar-refractivity contribution in [3.05, 3.63) is 53.9 Å². The van der Waals surface area contributed by atoms with Crippen molar-refractivity contribution >= 4 is 17.4 Å². The van der Waals surface area contributed by atoms with E-state index in [2.05, 4.69) is 9.97 Å². The van der Waals surface area contributed by atoms with E-state index in [-0.39, 0.29) is 0 Å². The third kappa shape index (κ3) is 1.46. The Balaban J connectivity index is 2.25. The number of halogens is 1. The lowest BCUT2D eigenvalue weighted by Crippen LogP contribution is -1.92. The molecule has 0 spiro atoms. The molecule has 1 aromatic carbocycles. The Bertz CT molecular complexity index is 631. The normalized spacial score (nSPS) is 10.8. The smallest absolute Gasteiger partial charge is 0.235 e. The van der Waals surface area contributed by atoms with Crippen LogP contribution in [0.1, 0.15) is 0 Å². The number of fused-ring (bicyclic) bond motifs is 1. The molecule has 0 atom stereocenters. The van der Waals surface area contributed by atoms with Crippen LogP contribution in [0, 0.1) is 0 Å². The van der Waals surface area contributed by atoms with E-state index < -0.39 is 0 Å². The summed E-state index contributed by atoms with van der Waals surface area (Å²) in [7, 11) is 0. The first-order valence-corrected chi connectivity index (χ1v) is 5.27. The highest BCUT2D eigenvalue weighted by Gasteiger charge is 2.05. The second kappa shape index (κ2) is 3.61. The van der Waals surface area contributed by atoms with E-state index in [1.165, 1.54) is 0 Å². The number of rotatable bonds is 1. The van der Waals surface area contributed by atoms with Crippen LogP contribution in [0.25, 0.3) is 17.0 Å². The van der Waals surface area contributed by atoms with Crippen LogP contribution in [0.2, 0.25) is 5.15 Å². The number of hydrogen-bond acceptors (Lipinski definition) is 2. The van der Waals surface area contributed by atoms with Crippen molar-refractivity contribution in [3.63, 3.8) is 0 Å². The lowest BCUT2D eigenvalue weighted by molar-refractivity contribution is 1.11. The predicted molar refractivity (Wildman–Crippen MR) is 63.4 cm³/mol. The Morgan fingerprint density at radius 2 is 1.94 bits per heavy atom. The summed E-state index contributed by atoms with van der Waals surface area (Å²) < 4.78 is 1.74. The topological polar surface area (TPSA) is 30.2 Å². The van der Waals surface area contributed by atoms with Crippen LogP contribution >= 0.6 is 11.6 Å². The molecule has 0 aliphatic rings. The van der Waals surface area contributed by atoms with E-state index in [1.807, 2.05) is 36.4 Å². The zero-order chi connectivity index (χ0) is 11.0. The highest BCUT2D eigenvalue weighted by molar-refractivity contribution is 6.30. The molecule has 78 valence electrons. The molecular formula is C12H8ClN3. The third-order valence-corrected chi connectivity index (χ3v) is 2.69. The van der Waals surface area contributed by atoms with E-state index >= 15 is 0 Å². The second-order valence-corrected chi connectivity index (χ2v) is 3.81. The standard InChI is InChI=1S/C12H8ClN3/c13-11-8-10(9-4-2-1-3-5-9)15-12-14-6-7-16(11)12/h1-8H. The number of benzene rings is 1. The first-order chi connectivity index (χ1) is 7.84. The van der Waals surface area contributed by atoms with Crippen molar-refractivity contribution < 1.29 is 0 Å². The highest BCUT2D eigenvalue weighted by atomic mass is 35.5. The van der Waals surface area contributed by atoms with Crippen LogP contribution in [0.15, 0.2) is 48.8 Å². The van der Waals surface area contributed by atoms with E-state index in [0.717, 1.165) is 11.3 Å². The van der Waals surface area contributed by atoms with E-state index in [9.17, 15) is 0 Å². The van der Waals surface area contributed by atoms with E-state index in [4.69, 9.17) is 11.6 Å². The summed E-state index contributed by atoms with van der Waals surface area (Å²) in [4.78, 5) is 8.57. The third-order valence-electron chi connectivity index (χ3n) is 2.40. The molecule has 0 fully saturated rings. The zero-order valence-electron chi connectivity index (χ0n) is 8.34. The number of nitrogens with zero attached hydrogens (tertiary/aromatic N) is 3. The number of hydrogen-bond donors (Lipinski definition) is 0. The van der Waals surface area contributed by atoms with Gasteiger partial charge in [-0.3, -0.25) is 4.40 Å². The Kier molecular flexibility index (Phi) is 2.11. The first-order valence-electron chi connectivity index (χ1n) is 4.89. The summed E-state index contributed by atoms with van der Waals surface area (Å²) in [5.74, 6) is 0.617. The van der Waals surface area contributed by atoms with Gasteiger partial charge in [0.1, 0.15) is 5.15 Å². The molecular weight excluding hydrogens is 222 g/mol. The van der Waals surface area contributed by atoms with Gasteiger partial charge in [0.15, 0.2) is 0 Å². The largest absolute Gasteiger partial charge is 0.274 e. The molecule has 0 bridgehead atoms. The van der Waals surface area contributed by atoms with Gasteiger partial charge < -0.3 is 0 Å². The quantitative estimate of drug-likeness (QED) is 0.601. The van der Waals surface area contributed by atoms with Gasteiger partial charge in [0.05, 0.1) is 5.69 Å². The average molecular weight is 230 g/mol. The summed E-state index contributed by atoms with van der Waals surface area (Å²) in [6, 6.07) is 11.8. The minimum Gasteiger partial charge on any atom is -0.274 e. The van der Waals surface area contributed by atoms with Gasteiger partial charge in [-0.25, -0.2) is 9.97 Å². The second-order valence-electron chi connectivity index (χ2n) is 3.43. The molecule has 2 aromatic heterocycles. The van der Waals surface area contributed by atoms with E-state index in [1.54, 1.807) is 16.8 Å². The lowest BCUT2D eigenvalue weighted by Gasteiger charge is -2.03. The molecule has 0 unspecified atom stereocenters. The van der Waals surface area contributed by atoms with Crippen molar-refractivity contribution in [3.8, 4) is 11.3 Å². The molecule has 0 amide bonds. The maximum atomic E-state index is 6.14. The summed E-state index contributed by atoms with van der Waals surface area (Å²) in [6.45, 7) is 0. The average Bonchev–Trinajstić information content (AvgIpc) is 2.79. The summed E-state index contributed by atoms with van der Waals surface area (Å²) in [5.41, 5.74) is 1.87. The highest BCUT2D eigenvalue weighted by Crippen LogP contribution is 2.21. The molecule has 0 radical (unpaired) electrons. The summed E-state index contributed by atoms with van der Waals surface area (Å²) in [6.07, 6.45) is 3.47. The van der Waals surface area contributed by atoms with Crippen LogP contribution in [0.3, 0.4) is 0 Å². The van der Waals surface area contributed by atoms with Gasteiger partial charge in [-0.1, -0.05) is 41.9 Å². The van der Waals surface area contributed by atoms with Crippen molar-refractivity contribution in [2.45, 2.75) is 0 Å². The number of aromatic nitrogens is 3. The molecule has 0 aliphatic carbocycles. The molecule has 0 N–H and O–H groups in total. The van der Waals surface area contributed by atoms with E-state index in [0.29, 0.717) is 10.9 Å². The minimum absolute atomic E-state index is 0.612. The lowest BCUT2D eigenvalue weighted by atomic mass is 10.1. The van der Waals surface area contributed by atoms with Crippen molar-refractivity contribution in [2.24, 2.45) is 0 Å². The van der Waals surface area contributed by atoms with Crippen LogP contribution < -0.4 is 0 Å². The van der Waals surface area contributed by atoms with Crippen LogP contribution in [-0.4, -0.2) is 14.4 Å². The van der Waals surface area contributed by atoms with Gasteiger partial charge in [-0.15, -0.1) is 0 Å². The minimum atomic E-state index is 0.612. The molecule has 0 saturated heterocycles. The fraction of sp³-hybridized carbons (Fsp3) is 0. The van der Waals surface area contributed by atoms with Gasteiger partial charge in [0.2, 0.25) is 5.78 Å². The molecule has 3 nitrogen and oxygen atoms in total. The molecule has 3 rings (SSSR count). The number of imidazole rings is 1. The van der Waals surface area contributed by atoms with Gasteiger partial charge >= 0.3 is 0 Å². The van der Waals surface area contributed by atoms with Gasteiger partial charge in [0.25, 0.3) is 0 Å². The van der Waals surface area contributed by atoms with Crippen molar-refractivity contribution in [1.82, 2.24) is 14.4 Å². The monoisotopic (exact) mass is 229 g/mol. The molecule has 4 heteroatoms. The molecule has 3 aromatic rings. The van der Waals surface area contributed by atoms with Crippen LogP contribution in [0.5, 0.6) is 0 Å². The van der Waals surface area contributed by atoms with Crippen molar-refractivity contribution in [2.75, 3.05) is 0 Å². The van der Waals surface area contributed by atoms with Crippen LogP contribution in [0.4, 0.5) is 0 Å². The fourth-order valence-electron chi connectivity index (χ4n) is 1.62. The Morgan fingerprint density at radius 3 is 2.75 bits per heavy atom. The molecule has 0 saturated carbocycles. The maximum absolute atomic E-state index is 6.14. The zero-order valence-corrected chi connectivity index (χ0v) is 9.09. The van der Waals surface area contributed by atoms with Crippen molar-refractivity contribution in [1.29, 1.82) is 0 Å². The van der Waals surface area contributed by atoms with Gasteiger partial charge in [0, 0.05) is 24.0 Å². The summed E-state index contributed by atoms with van der Waals surface area (Å²) >= 11 is 6.14. The predicted octanol–water partition coefficient (Wildman–Crippen LogP) is 3.05. The Hall–Kier alpha value is -1.87. The Labute approximate surface area is 97.3 Å². The van der Waals surface area contributed by atoms with Crippen LogP contribution in [-0.2, 0) is 0 Å². The SMILES string of the molecule is Clc1cc(-c2ccccc2)nc2nccn12. The molecule has 2 heterocycles. The fourth-order valence-corrected chi connectivity index (χ4v) is 1.86. The van der Waals surface area contributed by atoms with Gasteiger partial charge in [-0.05, 0) is 0 Å².